The van der Waals surface area contributed by atoms with E-state index in [0.717, 1.165) is 15.1 Å². The number of rotatable bonds is 5. The number of carboxylic acid groups (broad SMARTS) is 1. The monoisotopic (exact) mass is 321 g/mol. The van der Waals surface area contributed by atoms with Crippen LogP contribution in [0.4, 0.5) is 5.00 Å². The van der Waals surface area contributed by atoms with Crippen molar-refractivity contribution in [2.24, 2.45) is 0 Å². The van der Waals surface area contributed by atoms with E-state index in [9.17, 15) is 14.7 Å². The topological polar surface area (TPSA) is 75.6 Å². The van der Waals surface area contributed by atoms with Crippen LogP contribution in [0, 0.1) is 0 Å². The summed E-state index contributed by atoms with van der Waals surface area (Å²) >= 11 is 1.46. The molecule has 22 heavy (non-hydrogen) atoms. The van der Waals surface area contributed by atoms with Gasteiger partial charge in [0.25, 0.3) is 0 Å². The molecule has 1 aromatic heterocycles. The highest BCUT2D eigenvalue weighted by Gasteiger charge is 2.25. The second-order valence-corrected chi connectivity index (χ2v) is 7.06. The zero-order valence-electron chi connectivity index (χ0n) is 12.8. The molecule has 118 valence electrons. The summed E-state index contributed by atoms with van der Waals surface area (Å²) in [6.07, 6.45) is -0.221. The lowest BCUT2D eigenvalue weighted by Gasteiger charge is -2.21. The Labute approximate surface area is 132 Å². The predicted molar refractivity (Wildman–Crippen MR) is 87.3 cm³/mol. The Kier molecular flexibility index (Phi) is 4.71. The van der Waals surface area contributed by atoms with Crippen LogP contribution >= 0.6 is 11.3 Å². The van der Waals surface area contributed by atoms with Gasteiger partial charge in [0.05, 0.1) is 11.4 Å². The molecule has 0 aliphatic heterocycles. The van der Waals surface area contributed by atoms with Crippen LogP contribution in [0.5, 0.6) is 0 Å². The first-order chi connectivity index (χ1) is 10.2. The van der Waals surface area contributed by atoms with E-state index in [0.29, 0.717) is 0 Å². The van der Waals surface area contributed by atoms with Crippen molar-refractivity contribution in [2.45, 2.75) is 38.8 Å². The fraction of sp³-hybridized carbons (Fsp3) is 0.375. The van der Waals surface area contributed by atoms with Gasteiger partial charge in [-0.15, -0.1) is 11.3 Å². The number of anilines is 1. The van der Waals surface area contributed by atoms with Gasteiger partial charge in [0.1, 0.15) is 11.6 Å². The van der Waals surface area contributed by atoms with E-state index in [1.807, 2.05) is 30.3 Å². The summed E-state index contributed by atoms with van der Waals surface area (Å²) in [7, 11) is 0. The second kappa shape index (κ2) is 6.36. The Morgan fingerprint density at radius 1 is 1.32 bits per heavy atom. The summed E-state index contributed by atoms with van der Waals surface area (Å²) in [5.41, 5.74) is -0.627. The molecule has 0 amide bonds. The highest BCUT2D eigenvalue weighted by molar-refractivity contribution is 7.22. The molecule has 6 heteroatoms. The molecule has 0 unspecified atom stereocenters. The smallest absolute Gasteiger partial charge is 0.326 e. The quantitative estimate of drug-likeness (QED) is 0.824. The molecule has 0 fully saturated rings. The summed E-state index contributed by atoms with van der Waals surface area (Å²) in [4.78, 5) is 23.2. The Morgan fingerprint density at radius 2 is 2.00 bits per heavy atom. The minimum atomic E-state index is -1.08. The fourth-order valence-corrected chi connectivity index (χ4v) is 2.99. The van der Waals surface area contributed by atoms with Crippen molar-refractivity contribution in [1.29, 1.82) is 0 Å². The van der Waals surface area contributed by atoms with Gasteiger partial charge in [0.15, 0.2) is 0 Å². The number of carboxylic acids is 1. The molecule has 1 atom stereocenters. The second-order valence-electron chi connectivity index (χ2n) is 5.97. The van der Waals surface area contributed by atoms with Crippen LogP contribution in [-0.4, -0.2) is 28.7 Å². The molecular weight excluding hydrogens is 302 g/mol. The molecule has 0 saturated carbocycles. The molecule has 2 rings (SSSR count). The van der Waals surface area contributed by atoms with E-state index in [1.165, 1.54) is 11.3 Å². The van der Waals surface area contributed by atoms with Crippen molar-refractivity contribution in [2.75, 3.05) is 5.32 Å². The summed E-state index contributed by atoms with van der Waals surface area (Å²) < 4.78 is 6.24. The molecular formula is C16H19NO4S. The van der Waals surface area contributed by atoms with Crippen molar-refractivity contribution in [3.63, 3.8) is 0 Å². The van der Waals surface area contributed by atoms with Crippen molar-refractivity contribution in [3.05, 3.63) is 30.3 Å². The van der Waals surface area contributed by atoms with Crippen LogP contribution in [0.1, 0.15) is 27.2 Å². The standard InChI is InChI=1S/C16H19NO4S/c1-16(2,3)21-14(18)9-11(15(19)20)17-13-8-10-6-4-5-7-12(10)22-13/h4-8,11,17H,9H2,1-3H3,(H,19,20)/t11-/m1/s1. The number of carbonyl (C=O) groups excluding carboxylic acids is 1. The number of hydrogen-bond acceptors (Lipinski definition) is 5. The molecule has 0 spiro atoms. The van der Waals surface area contributed by atoms with Gasteiger partial charge in [0, 0.05) is 4.70 Å². The van der Waals surface area contributed by atoms with Crippen molar-refractivity contribution in [1.82, 2.24) is 0 Å². The van der Waals surface area contributed by atoms with Gasteiger partial charge in [-0.3, -0.25) is 4.79 Å². The molecule has 2 N–H and O–H groups in total. The summed E-state index contributed by atoms with van der Waals surface area (Å²) in [5.74, 6) is -1.61. The van der Waals surface area contributed by atoms with Crippen molar-refractivity contribution in [3.8, 4) is 0 Å². The van der Waals surface area contributed by atoms with E-state index in [-0.39, 0.29) is 6.42 Å². The molecule has 0 radical (unpaired) electrons. The van der Waals surface area contributed by atoms with E-state index < -0.39 is 23.6 Å². The molecule has 1 heterocycles. The maximum atomic E-state index is 11.8. The summed E-state index contributed by atoms with van der Waals surface area (Å²) in [5, 5.41) is 14.0. The average Bonchev–Trinajstić information content (AvgIpc) is 2.77. The normalized spacial score (nSPS) is 12.9. The van der Waals surface area contributed by atoms with Crippen LogP contribution in [0.2, 0.25) is 0 Å². The number of carbonyl (C=O) groups is 2. The lowest BCUT2D eigenvalue weighted by atomic mass is 10.1. The lowest BCUT2D eigenvalue weighted by Crippen LogP contribution is -2.34. The SMILES string of the molecule is CC(C)(C)OC(=O)C[C@@H](Nc1cc2ccccc2s1)C(=O)O. The van der Waals surface area contributed by atoms with Gasteiger partial charge in [-0.05, 0) is 38.3 Å². The van der Waals surface area contributed by atoms with Gasteiger partial charge >= 0.3 is 11.9 Å². The number of ether oxygens (including phenoxy) is 1. The maximum absolute atomic E-state index is 11.8. The van der Waals surface area contributed by atoms with E-state index in [1.54, 1.807) is 20.8 Å². The maximum Gasteiger partial charge on any atom is 0.326 e. The van der Waals surface area contributed by atoms with Gasteiger partial charge in [0.2, 0.25) is 0 Å². The van der Waals surface area contributed by atoms with Gasteiger partial charge in [-0.1, -0.05) is 18.2 Å². The van der Waals surface area contributed by atoms with E-state index in [2.05, 4.69) is 5.32 Å². The van der Waals surface area contributed by atoms with Crippen LogP contribution in [0.25, 0.3) is 10.1 Å². The highest BCUT2D eigenvalue weighted by Crippen LogP contribution is 2.30. The summed E-state index contributed by atoms with van der Waals surface area (Å²) in [6, 6.07) is 8.65. The molecule has 5 nitrogen and oxygen atoms in total. The zero-order chi connectivity index (χ0) is 16.3. The minimum Gasteiger partial charge on any atom is -0.480 e. The minimum absolute atomic E-state index is 0.221. The van der Waals surface area contributed by atoms with Crippen LogP contribution in [0.15, 0.2) is 30.3 Å². The largest absolute Gasteiger partial charge is 0.480 e. The van der Waals surface area contributed by atoms with E-state index in [4.69, 9.17) is 4.74 Å². The Morgan fingerprint density at radius 3 is 2.59 bits per heavy atom. The number of hydrogen-bond donors (Lipinski definition) is 2. The van der Waals surface area contributed by atoms with Crippen molar-refractivity contribution < 1.29 is 19.4 Å². The Bertz CT molecular complexity index is 654. The van der Waals surface area contributed by atoms with Gasteiger partial charge in [-0.2, -0.15) is 0 Å². The number of benzene rings is 1. The Balaban J connectivity index is 2.08. The number of aliphatic carboxylic acids is 1. The summed E-state index contributed by atoms with van der Waals surface area (Å²) in [6.45, 7) is 5.25. The van der Waals surface area contributed by atoms with E-state index >= 15 is 0 Å². The van der Waals surface area contributed by atoms with Crippen LogP contribution < -0.4 is 5.32 Å². The van der Waals surface area contributed by atoms with Crippen LogP contribution in [-0.2, 0) is 14.3 Å². The number of thiophene rings is 1. The molecule has 1 aromatic carbocycles. The first-order valence-corrected chi connectivity index (χ1v) is 7.76. The first kappa shape index (κ1) is 16.3. The lowest BCUT2D eigenvalue weighted by molar-refractivity contribution is -0.157. The number of fused-ring (bicyclic) bond motifs is 1. The zero-order valence-corrected chi connectivity index (χ0v) is 13.6. The average molecular weight is 321 g/mol. The number of nitrogens with one attached hydrogen (secondary N) is 1. The molecule has 2 aromatic rings. The van der Waals surface area contributed by atoms with Gasteiger partial charge < -0.3 is 15.2 Å². The first-order valence-electron chi connectivity index (χ1n) is 6.94. The molecule has 0 saturated heterocycles. The Hall–Kier alpha value is -2.08. The fourth-order valence-electron chi connectivity index (χ4n) is 1.97. The highest BCUT2D eigenvalue weighted by atomic mass is 32.1. The third-order valence-corrected chi connectivity index (χ3v) is 3.88. The molecule has 0 aliphatic carbocycles. The van der Waals surface area contributed by atoms with Crippen molar-refractivity contribution >= 4 is 38.4 Å². The number of esters is 1. The predicted octanol–water partition coefficient (Wildman–Crippen LogP) is 3.50. The third-order valence-electron chi connectivity index (χ3n) is 2.83. The molecule has 0 aliphatic rings. The van der Waals surface area contributed by atoms with Crippen LogP contribution in [0.3, 0.4) is 0 Å². The molecule has 0 bridgehead atoms. The third kappa shape index (κ3) is 4.46. The van der Waals surface area contributed by atoms with Gasteiger partial charge in [-0.25, -0.2) is 4.79 Å².